The first-order valence-electron chi connectivity index (χ1n) is 11.7. The number of hydrogen-bond donors (Lipinski definition) is 0. The third kappa shape index (κ3) is 7.44. The number of ketones is 1. The zero-order chi connectivity index (χ0) is 23.5. The molecule has 2 unspecified atom stereocenters. The molecule has 0 radical (unpaired) electrons. The first kappa shape index (κ1) is 25.0. The molecule has 2 aromatic rings. The molecule has 1 aliphatic rings. The molecule has 0 fully saturated rings. The van der Waals surface area contributed by atoms with E-state index in [-0.39, 0.29) is 11.7 Å². The van der Waals surface area contributed by atoms with E-state index in [1.807, 2.05) is 30.3 Å². The molecule has 7 heteroatoms. The molecule has 3 rings (SSSR count). The Morgan fingerprint density at radius 2 is 1.85 bits per heavy atom. The number of Topliss-reactive ketones (excluding diaryl/α,β-unsaturated/α-hetero) is 1. The number of carbonyl (C=O) groups excluding carboxylic acids is 2. The Kier molecular flexibility index (Phi) is 9.97. The van der Waals surface area contributed by atoms with E-state index in [1.165, 1.54) is 5.06 Å². The van der Waals surface area contributed by atoms with Gasteiger partial charge in [-0.2, -0.15) is 5.06 Å². The van der Waals surface area contributed by atoms with Gasteiger partial charge in [0.15, 0.2) is 5.78 Å². The van der Waals surface area contributed by atoms with E-state index in [0.717, 1.165) is 31.2 Å². The van der Waals surface area contributed by atoms with Crippen LogP contribution >= 0.6 is 0 Å². The van der Waals surface area contributed by atoms with E-state index in [4.69, 9.17) is 4.84 Å². The fourth-order valence-electron chi connectivity index (χ4n) is 3.73. The summed E-state index contributed by atoms with van der Waals surface area (Å²) < 4.78 is 16.2. The SMILES string of the molecule is CCCCCCS(=O)/N=C/CCC(ON1C(=O)CCc2ccccc21)C(=O)c1ccccc1. The maximum Gasteiger partial charge on any atom is 0.251 e. The van der Waals surface area contributed by atoms with Gasteiger partial charge in [0.2, 0.25) is 0 Å². The fourth-order valence-corrected chi connectivity index (χ4v) is 4.56. The molecule has 176 valence electrons. The highest BCUT2D eigenvalue weighted by atomic mass is 32.2. The molecule has 0 saturated carbocycles. The van der Waals surface area contributed by atoms with Gasteiger partial charge in [-0.1, -0.05) is 74.7 Å². The van der Waals surface area contributed by atoms with Crippen LogP contribution in [0.4, 0.5) is 5.69 Å². The van der Waals surface area contributed by atoms with E-state index in [9.17, 15) is 13.8 Å². The third-order valence-electron chi connectivity index (χ3n) is 5.55. The summed E-state index contributed by atoms with van der Waals surface area (Å²) >= 11 is 0. The molecule has 2 atom stereocenters. The lowest BCUT2D eigenvalue weighted by molar-refractivity contribution is -0.128. The molecule has 1 heterocycles. The smallest absolute Gasteiger partial charge is 0.251 e. The Labute approximate surface area is 198 Å². The molecule has 1 aliphatic heterocycles. The van der Waals surface area contributed by atoms with Crippen LogP contribution in [-0.4, -0.2) is 34.0 Å². The van der Waals surface area contributed by atoms with Gasteiger partial charge in [0.05, 0.1) is 5.69 Å². The van der Waals surface area contributed by atoms with Gasteiger partial charge >= 0.3 is 0 Å². The van der Waals surface area contributed by atoms with Gasteiger partial charge < -0.3 is 0 Å². The Bertz CT molecular complexity index is 977. The number of para-hydroxylation sites is 1. The summed E-state index contributed by atoms with van der Waals surface area (Å²) in [5, 5.41) is 1.27. The lowest BCUT2D eigenvalue weighted by atomic mass is 10.0. The van der Waals surface area contributed by atoms with Crippen LogP contribution in [-0.2, 0) is 27.0 Å². The van der Waals surface area contributed by atoms with Gasteiger partial charge in [-0.05, 0) is 37.3 Å². The molecule has 0 spiro atoms. The molecule has 33 heavy (non-hydrogen) atoms. The summed E-state index contributed by atoms with van der Waals surface area (Å²) in [7, 11) is -1.25. The lowest BCUT2D eigenvalue weighted by Crippen LogP contribution is -2.41. The molecule has 0 bridgehead atoms. The second-order valence-electron chi connectivity index (χ2n) is 8.09. The monoisotopic (exact) mass is 468 g/mol. The number of rotatable bonds is 13. The van der Waals surface area contributed by atoms with Crippen molar-refractivity contribution < 1.29 is 18.6 Å². The molecule has 2 aromatic carbocycles. The number of hydrogen-bond acceptors (Lipinski definition) is 4. The molecular weight excluding hydrogens is 436 g/mol. The first-order chi connectivity index (χ1) is 16.1. The molecule has 0 aliphatic carbocycles. The number of aryl methyl sites for hydroxylation is 1. The topological polar surface area (TPSA) is 76.0 Å². The zero-order valence-corrected chi connectivity index (χ0v) is 20.0. The summed E-state index contributed by atoms with van der Waals surface area (Å²) in [4.78, 5) is 31.9. The van der Waals surface area contributed by atoms with Crippen molar-refractivity contribution in [2.24, 2.45) is 4.40 Å². The van der Waals surface area contributed by atoms with Gasteiger partial charge in [0.25, 0.3) is 5.91 Å². The largest absolute Gasteiger partial charge is 0.291 e. The number of anilines is 1. The summed E-state index contributed by atoms with van der Waals surface area (Å²) in [6, 6.07) is 16.5. The number of amides is 1. The van der Waals surface area contributed by atoms with Crippen LogP contribution in [0.25, 0.3) is 0 Å². The van der Waals surface area contributed by atoms with Crippen LogP contribution in [0, 0.1) is 0 Å². The van der Waals surface area contributed by atoms with Crippen molar-refractivity contribution in [2.75, 3.05) is 10.8 Å². The molecule has 1 amide bonds. The molecule has 0 N–H and O–H groups in total. The van der Waals surface area contributed by atoms with Crippen LogP contribution in [0.2, 0.25) is 0 Å². The number of fused-ring (bicyclic) bond motifs is 1. The maximum absolute atomic E-state index is 13.2. The van der Waals surface area contributed by atoms with Crippen LogP contribution in [0.5, 0.6) is 0 Å². The highest BCUT2D eigenvalue weighted by Crippen LogP contribution is 2.29. The fraction of sp³-hybridized carbons (Fsp3) is 0.423. The van der Waals surface area contributed by atoms with E-state index in [2.05, 4.69) is 11.3 Å². The Hall–Kier alpha value is -2.64. The van der Waals surface area contributed by atoms with Crippen molar-refractivity contribution >= 4 is 34.6 Å². The van der Waals surface area contributed by atoms with E-state index >= 15 is 0 Å². The minimum atomic E-state index is -1.25. The van der Waals surface area contributed by atoms with E-state index in [0.29, 0.717) is 42.7 Å². The van der Waals surface area contributed by atoms with Crippen LogP contribution < -0.4 is 5.06 Å². The van der Waals surface area contributed by atoms with Crippen molar-refractivity contribution in [3.05, 3.63) is 65.7 Å². The second-order valence-corrected chi connectivity index (χ2v) is 9.35. The maximum atomic E-state index is 13.2. The zero-order valence-electron chi connectivity index (χ0n) is 19.2. The Morgan fingerprint density at radius 3 is 2.64 bits per heavy atom. The summed E-state index contributed by atoms with van der Waals surface area (Å²) in [5.74, 6) is 0.195. The second kappa shape index (κ2) is 13.2. The highest BCUT2D eigenvalue weighted by molar-refractivity contribution is 7.83. The highest BCUT2D eigenvalue weighted by Gasteiger charge is 2.30. The standard InChI is InChI=1S/C26H32N2O4S/c1-2-3-4-10-20-33(31)27-19-11-16-24(26(30)22-13-6-5-7-14-22)32-28-23-15-9-8-12-21(23)17-18-25(28)29/h5-9,12-15,19,24H,2-4,10-11,16-18,20H2,1H3/b27-19+. The summed E-state index contributed by atoms with van der Waals surface area (Å²) in [5.41, 5.74) is 2.22. The first-order valence-corrected chi connectivity index (χ1v) is 13.0. The predicted molar refractivity (Wildman–Crippen MR) is 133 cm³/mol. The number of benzene rings is 2. The van der Waals surface area contributed by atoms with Gasteiger partial charge in [-0.25, -0.2) is 8.61 Å². The van der Waals surface area contributed by atoms with Gasteiger partial charge in [-0.3, -0.25) is 14.4 Å². The number of carbonyl (C=O) groups is 2. The number of unbranched alkanes of at least 4 members (excludes halogenated alkanes) is 3. The summed E-state index contributed by atoms with van der Waals surface area (Å²) in [6.45, 7) is 2.14. The van der Waals surface area contributed by atoms with Gasteiger partial charge in [-0.15, -0.1) is 0 Å². The van der Waals surface area contributed by atoms with E-state index < -0.39 is 17.1 Å². The normalized spacial score (nSPS) is 15.4. The van der Waals surface area contributed by atoms with E-state index in [1.54, 1.807) is 30.5 Å². The third-order valence-corrected chi connectivity index (χ3v) is 6.57. The van der Waals surface area contributed by atoms with Crippen molar-refractivity contribution in [3.8, 4) is 0 Å². The lowest BCUT2D eigenvalue weighted by Gasteiger charge is -2.31. The van der Waals surface area contributed by atoms with Crippen LogP contribution in [0.1, 0.15) is 67.8 Å². The minimum absolute atomic E-state index is 0.165. The molecular formula is C26H32N2O4S. The average molecular weight is 469 g/mol. The van der Waals surface area contributed by atoms with Crippen molar-refractivity contribution in [2.45, 2.75) is 64.4 Å². The molecule has 0 saturated heterocycles. The van der Waals surface area contributed by atoms with Crippen LogP contribution in [0.3, 0.4) is 0 Å². The Morgan fingerprint density at radius 1 is 1.09 bits per heavy atom. The Balaban J connectivity index is 1.68. The minimum Gasteiger partial charge on any atom is -0.291 e. The van der Waals surface area contributed by atoms with Crippen molar-refractivity contribution in [1.29, 1.82) is 0 Å². The van der Waals surface area contributed by atoms with Gasteiger partial charge in [0, 0.05) is 24.0 Å². The number of hydroxylamine groups is 1. The molecule has 6 nitrogen and oxygen atoms in total. The summed E-state index contributed by atoms with van der Waals surface area (Å²) in [6.07, 6.45) is 6.73. The van der Waals surface area contributed by atoms with Crippen LogP contribution in [0.15, 0.2) is 59.0 Å². The predicted octanol–water partition coefficient (Wildman–Crippen LogP) is 5.24. The van der Waals surface area contributed by atoms with Gasteiger partial charge in [0.1, 0.15) is 17.1 Å². The number of nitrogens with zero attached hydrogens (tertiary/aromatic N) is 2. The van der Waals surface area contributed by atoms with Crippen molar-refractivity contribution in [1.82, 2.24) is 0 Å². The van der Waals surface area contributed by atoms with Crippen molar-refractivity contribution in [3.63, 3.8) is 0 Å². The average Bonchev–Trinajstić information content (AvgIpc) is 2.85. The molecule has 0 aromatic heterocycles. The quantitative estimate of drug-likeness (QED) is 0.229.